The number of methoxy groups -OCH3 is 1. The first-order valence-electron chi connectivity index (χ1n) is 13.6. The minimum Gasteiger partial charge on any atom is -0.507 e. The zero-order chi connectivity index (χ0) is 27.9. The lowest BCUT2D eigenvalue weighted by atomic mass is 10.1. The first-order valence-corrected chi connectivity index (χ1v) is 13.6. The molecule has 5 rings (SSSR count). The van der Waals surface area contributed by atoms with E-state index < -0.39 is 0 Å². The van der Waals surface area contributed by atoms with E-state index in [0.29, 0.717) is 42.7 Å². The van der Waals surface area contributed by atoms with Crippen molar-refractivity contribution >= 4 is 17.3 Å². The van der Waals surface area contributed by atoms with E-state index >= 15 is 0 Å². The van der Waals surface area contributed by atoms with Crippen molar-refractivity contribution in [1.82, 2.24) is 25.1 Å². The summed E-state index contributed by atoms with van der Waals surface area (Å²) in [6.07, 6.45) is 2.76. The smallest absolute Gasteiger partial charge is 0.206 e. The number of para-hydroxylation sites is 1. The van der Waals surface area contributed by atoms with Gasteiger partial charge in [-0.25, -0.2) is 9.97 Å². The van der Waals surface area contributed by atoms with Crippen molar-refractivity contribution in [3.05, 3.63) is 48.4 Å². The molecular formula is C29H36N8O3. The molecule has 0 saturated carbocycles. The van der Waals surface area contributed by atoms with Gasteiger partial charge in [0, 0.05) is 57.6 Å². The first-order chi connectivity index (χ1) is 19.5. The Balaban J connectivity index is 1.26. The Bertz CT molecular complexity index is 1360. The van der Waals surface area contributed by atoms with Gasteiger partial charge in [-0.1, -0.05) is 18.1 Å². The number of aromatic hydroxyl groups is 1. The Kier molecular flexibility index (Phi) is 8.91. The standard InChI is InChI=1S/C29H36N8O3/c1-21-10-13-36(25-18-24(33-34-29(25)30)23-6-3-4-7-26(23)38)14-15-37(21)28-9-11-31-27(32-28)8-5-12-35-16-17-40-22(19-35)20-39-2/h3-4,6-7,9,11,18,21-22,38H,10,12-17,19-20H2,1-2H3,(H2,30,34)/t21-,22?/m1/s1. The van der Waals surface area contributed by atoms with E-state index in [-0.39, 0.29) is 17.9 Å². The molecule has 3 N–H and O–H groups in total. The van der Waals surface area contributed by atoms with E-state index in [1.807, 2.05) is 24.3 Å². The molecule has 4 heterocycles. The minimum absolute atomic E-state index is 0.0829. The summed E-state index contributed by atoms with van der Waals surface area (Å²) >= 11 is 0. The molecule has 2 aromatic heterocycles. The summed E-state index contributed by atoms with van der Waals surface area (Å²) in [5, 5.41) is 18.7. The van der Waals surface area contributed by atoms with Crippen molar-refractivity contribution in [2.45, 2.75) is 25.5 Å². The fourth-order valence-electron chi connectivity index (χ4n) is 5.12. The molecule has 40 heavy (non-hydrogen) atoms. The largest absolute Gasteiger partial charge is 0.507 e. The van der Waals surface area contributed by atoms with E-state index in [4.69, 9.17) is 20.2 Å². The maximum atomic E-state index is 10.3. The molecule has 11 nitrogen and oxygen atoms in total. The molecule has 0 spiro atoms. The predicted molar refractivity (Wildman–Crippen MR) is 154 cm³/mol. The third kappa shape index (κ3) is 6.59. The third-order valence-electron chi connectivity index (χ3n) is 7.30. The molecule has 2 atom stereocenters. The zero-order valence-corrected chi connectivity index (χ0v) is 23.0. The highest BCUT2D eigenvalue weighted by molar-refractivity contribution is 5.74. The second-order valence-electron chi connectivity index (χ2n) is 10.1. The molecule has 0 bridgehead atoms. The molecule has 2 aliphatic rings. The van der Waals surface area contributed by atoms with Crippen molar-refractivity contribution in [2.75, 3.05) is 75.1 Å². The Morgan fingerprint density at radius 2 is 2.02 bits per heavy atom. The summed E-state index contributed by atoms with van der Waals surface area (Å²) in [5.41, 5.74) is 8.29. The number of ether oxygens (including phenoxy) is 2. The van der Waals surface area contributed by atoms with Gasteiger partial charge in [0.1, 0.15) is 11.6 Å². The van der Waals surface area contributed by atoms with Crippen LogP contribution in [-0.4, -0.2) is 102 Å². The molecule has 1 aromatic carbocycles. The van der Waals surface area contributed by atoms with E-state index in [9.17, 15) is 5.11 Å². The van der Waals surface area contributed by atoms with Crippen LogP contribution in [0.4, 0.5) is 17.3 Å². The molecule has 210 valence electrons. The second kappa shape index (κ2) is 12.9. The number of phenolic OH excluding ortho intramolecular Hbond substituents is 1. The molecule has 2 aliphatic heterocycles. The van der Waals surface area contributed by atoms with Gasteiger partial charge in [-0.2, -0.15) is 0 Å². The predicted octanol–water partition coefficient (Wildman–Crippen LogP) is 2.03. The number of rotatable bonds is 6. The number of morpholine rings is 1. The number of phenols is 1. The highest BCUT2D eigenvalue weighted by atomic mass is 16.5. The second-order valence-corrected chi connectivity index (χ2v) is 10.1. The van der Waals surface area contributed by atoms with Gasteiger partial charge in [0.25, 0.3) is 0 Å². The minimum atomic E-state index is 0.0829. The Labute approximate surface area is 234 Å². The van der Waals surface area contributed by atoms with Gasteiger partial charge in [0.15, 0.2) is 5.82 Å². The van der Waals surface area contributed by atoms with Gasteiger partial charge in [0.05, 0.1) is 37.2 Å². The maximum Gasteiger partial charge on any atom is 0.206 e. The lowest BCUT2D eigenvalue weighted by Crippen LogP contribution is -2.44. The van der Waals surface area contributed by atoms with Gasteiger partial charge >= 0.3 is 0 Å². The van der Waals surface area contributed by atoms with Crippen LogP contribution in [0.3, 0.4) is 0 Å². The van der Waals surface area contributed by atoms with Crippen molar-refractivity contribution in [3.8, 4) is 28.8 Å². The number of anilines is 3. The van der Waals surface area contributed by atoms with Gasteiger partial charge < -0.3 is 30.1 Å². The average molecular weight is 545 g/mol. The SMILES string of the molecule is COCC1CN(CC#Cc2nccc(N3CCN(c4cc(-c5ccccc5O)nnc4N)CC[C@H]3C)n2)CCO1. The number of aromatic nitrogens is 4. The lowest BCUT2D eigenvalue weighted by Gasteiger charge is -2.31. The van der Waals surface area contributed by atoms with E-state index in [2.05, 4.69) is 48.6 Å². The van der Waals surface area contributed by atoms with Gasteiger partial charge in [-0.3, -0.25) is 4.90 Å². The molecule has 1 unspecified atom stereocenters. The Hall–Kier alpha value is -3.98. The first kappa shape index (κ1) is 27.6. The molecule has 2 saturated heterocycles. The Morgan fingerprint density at radius 1 is 1.15 bits per heavy atom. The topological polar surface area (TPSA) is 126 Å². The van der Waals surface area contributed by atoms with Crippen molar-refractivity contribution in [2.24, 2.45) is 0 Å². The van der Waals surface area contributed by atoms with Crippen LogP contribution in [0, 0.1) is 11.8 Å². The summed E-state index contributed by atoms with van der Waals surface area (Å²) in [4.78, 5) is 16.0. The molecule has 11 heteroatoms. The number of hydrogen-bond acceptors (Lipinski definition) is 11. The summed E-state index contributed by atoms with van der Waals surface area (Å²) < 4.78 is 10.9. The summed E-state index contributed by atoms with van der Waals surface area (Å²) in [5.74, 6) is 8.27. The lowest BCUT2D eigenvalue weighted by molar-refractivity contribution is -0.0575. The summed E-state index contributed by atoms with van der Waals surface area (Å²) in [7, 11) is 1.69. The number of nitrogen functional groups attached to an aromatic ring is 1. The molecule has 2 fully saturated rings. The van der Waals surface area contributed by atoms with Crippen LogP contribution < -0.4 is 15.5 Å². The fraction of sp³-hybridized carbons (Fsp3) is 0.448. The van der Waals surface area contributed by atoms with Crippen LogP contribution in [-0.2, 0) is 9.47 Å². The monoisotopic (exact) mass is 544 g/mol. The van der Waals surface area contributed by atoms with E-state index in [1.54, 1.807) is 25.4 Å². The van der Waals surface area contributed by atoms with E-state index in [1.165, 1.54) is 0 Å². The fourth-order valence-corrected chi connectivity index (χ4v) is 5.12. The highest BCUT2D eigenvalue weighted by Crippen LogP contribution is 2.32. The van der Waals surface area contributed by atoms with Crippen LogP contribution in [0.5, 0.6) is 5.75 Å². The molecule has 0 amide bonds. The normalized spacial score (nSPS) is 20.1. The summed E-state index contributed by atoms with van der Waals surface area (Å²) in [6.45, 7) is 8.03. The van der Waals surface area contributed by atoms with Crippen LogP contribution in [0.15, 0.2) is 42.6 Å². The molecule has 3 aromatic rings. The van der Waals surface area contributed by atoms with Crippen molar-refractivity contribution in [3.63, 3.8) is 0 Å². The maximum absolute atomic E-state index is 10.3. The quantitative estimate of drug-likeness (QED) is 0.443. The third-order valence-corrected chi connectivity index (χ3v) is 7.30. The molecule has 0 aliphatic carbocycles. The van der Waals surface area contributed by atoms with Gasteiger partial charge in [-0.15, -0.1) is 10.2 Å². The average Bonchev–Trinajstić information content (AvgIpc) is 3.16. The van der Waals surface area contributed by atoms with Crippen molar-refractivity contribution in [1.29, 1.82) is 0 Å². The zero-order valence-electron chi connectivity index (χ0n) is 23.0. The number of hydrogen-bond donors (Lipinski definition) is 2. The van der Waals surface area contributed by atoms with Crippen LogP contribution in [0.1, 0.15) is 19.2 Å². The Morgan fingerprint density at radius 3 is 2.88 bits per heavy atom. The highest BCUT2D eigenvalue weighted by Gasteiger charge is 2.25. The van der Waals surface area contributed by atoms with Crippen molar-refractivity contribution < 1.29 is 14.6 Å². The molecular weight excluding hydrogens is 508 g/mol. The number of nitrogens with zero attached hydrogens (tertiary/aromatic N) is 7. The summed E-state index contributed by atoms with van der Waals surface area (Å²) in [6, 6.07) is 11.2. The van der Waals surface area contributed by atoms with Gasteiger partial charge in [0.2, 0.25) is 5.82 Å². The van der Waals surface area contributed by atoms with Crippen LogP contribution >= 0.6 is 0 Å². The molecule has 0 radical (unpaired) electrons. The number of nitrogens with two attached hydrogens (primary N) is 1. The van der Waals surface area contributed by atoms with Gasteiger partial charge in [-0.05, 0) is 43.5 Å². The van der Waals surface area contributed by atoms with E-state index in [0.717, 1.165) is 50.6 Å². The number of benzene rings is 1. The van der Waals surface area contributed by atoms with Crippen LogP contribution in [0.2, 0.25) is 0 Å². The van der Waals surface area contributed by atoms with Crippen LogP contribution in [0.25, 0.3) is 11.3 Å².